The number of rotatable bonds is 10. The first-order valence-electron chi connectivity index (χ1n) is 16.4. The Hall–Kier alpha value is -5.38. The van der Waals surface area contributed by atoms with E-state index in [0.29, 0.717) is 35.3 Å². The average molecular weight is 1180 g/mol. The second kappa shape index (κ2) is 38.2. The van der Waals surface area contributed by atoms with Gasteiger partial charge in [-0.25, -0.2) is 0 Å². The van der Waals surface area contributed by atoms with Gasteiger partial charge < -0.3 is 36.7 Å². The molecule has 0 saturated heterocycles. The van der Waals surface area contributed by atoms with E-state index in [2.05, 4.69) is 44.4 Å². The fourth-order valence-corrected chi connectivity index (χ4v) is 3.65. The van der Waals surface area contributed by atoms with Gasteiger partial charge in [-0.15, -0.1) is 23.0 Å². The molecule has 17 heteroatoms. The largest absolute Gasteiger partial charge is 2.00 e. The van der Waals surface area contributed by atoms with Crippen molar-refractivity contribution in [2.24, 2.45) is 20.0 Å². The molecule has 0 aliphatic rings. The fourth-order valence-electron chi connectivity index (χ4n) is 3.65. The molecule has 0 aromatic heterocycles. The molecule has 0 aliphatic carbocycles. The van der Waals surface area contributed by atoms with Gasteiger partial charge in [0.1, 0.15) is 0 Å². The first-order valence-corrected chi connectivity index (χ1v) is 17.2. The monoisotopic (exact) mass is 1180 g/mol. The summed E-state index contributed by atoms with van der Waals surface area (Å²) in [5, 5.41) is 77.9. The smallest absolute Gasteiger partial charge is 0.0746 e. The van der Waals surface area contributed by atoms with E-state index in [1.807, 2.05) is 27.7 Å². The molecule has 314 valence electrons. The molecule has 0 amide bonds. The zero-order chi connectivity index (χ0) is 42.8. The molecule has 0 spiro atoms. The number of benzene rings is 4. The van der Waals surface area contributed by atoms with Crippen LogP contribution in [0.5, 0.6) is 23.0 Å². The van der Waals surface area contributed by atoms with Crippen LogP contribution in [-0.2, 0) is 46.3 Å². The van der Waals surface area contributed by atoms with Crippen LogP contribution in [-0.4, -0.2) is 59.3 Å². The Kier molecular flexibility index (Phi) is 40.6. The van der Waals surface area contributed by atoms with Crippen LogP contribution in [0.25, 0.3) is 10.8 Å². The summed E-state index contributed by atoms with van der Waals surface area (Å²) in [5.74, 6) is -0.197. The normalized spacial score (nSPS) is 9.69. The van der Waals surface area contributed by atoms with Gasteiger partial charge >= 0.3 is 0 Å². The number of isothiocyanates is 2. The maximum atomic E-state index is 11.6. The molecule has 0 unspecified atom stereocenters. The van der Waals surface area contributed by atoms with E-state index in [9.17, 15) is 20.4 Å². The van der Waals surface area contributed by atoms with E-state index >= 15 is 0 Å². The van der Waals surface area contributed by atoms with Crippen molar-refractivity contribution in [1.29, 1.82) is 10.5 Å². The van der Waals surface area contributed by atoms with Crippen molar-refractivity contribution in [1.82, 2.24) is 0 Å². The third-order valence-electron chi connectivity index (χ3n) is 6.20. The molecule has 0 atom stereocenters. The van der Waals surface area contributed by atoms with E-state index in [1.54, 1.807) is 110 Å². The van der Waals surface area contributed by atoms with Gasteiger partial charge in [-0.05, 0) is 49.9 Å². The fraction of sp³-hybridized carbons (Fsp3) is 0.238. The zero-order valence-corrected chi connectivity index (χ0v) is 40.2. The summed E-state index contributed by atoms with van der Waals surface area (Å²) in [6.07, 6.45) is 6.31. The molecular weight excluding hydrogens is 1130 g/mol. The predicted octanol–water partition coefficient (Wildman–Crippen LogP) is 6.55. The molecule has 59 heavy (non-hydrogen) atoms. The zero-order valence-electron chi connectivity index (χ0n) is 33.2. The molecule has 4 aromatic carbocycles. The quantitative estimate of drug-likeness (QED) is 0.124. The summed E-state index contributed by atoms with van der Waals surface area (Å²) in [7, 11) is 0. The standard InChI is InChI=1S/2C18H20N2O2.2C2H3N.2CNS.O.2Re/c2*1-18(2,20-12-15-8-4-6-10-17(15)22)13-19-11-14-7-3-5-9-16(14)21;2*1-2-3;2*2-1-3;;;/h2*3-12,21-22H,13H2,1-2H3;2*1H3;;;;;/q;;;;2*-1;-2;;/p-4. The van der Waals surface area contributed by atoms with Crippen LogP contribution in [0.2, 0.25) is 0 Å². The van der Waals surface area contributed by atoms with Crippen LogP contribution in [0.4, 0.5) is 0 Å². The van der Waals surface area contributed by atoms with Gasteiger partial charge in [0.25, 0.3) is 0 Å². The van der Waals surface area contributed by atoms with E-state index < -0.39 is 11.1 Å². The predicted molar refractivity (Wildman–Crippen MR) is 227 cm³/mol. The molecule has 4 aromatic rings. The summed E-state index contributed by atoms with van der Waals surface area (Å²) >= 11 is 7.40. The second-order valence-electron chi connectivity index (χ2n) is 11.9. The summed E-state index contributed by atoms with van der Waals surface area (Å²) in [5.41, 5.74) is 1.35. The molecular formula is C42H42N8O5Re2S2-8. The van der Waals surface area contributed by atoms with Crippen LogP contribution >= 0.6 is 24.4 Å². The van der Waals surface area contributed by atoms with E-state index in [4.69, 9.17) is 21.3 Å². The van der Waals surface area contributed by atoms with Gasteiger partial charge in [0.05, 0.1) is 36.3 Å². The summed E-state index contributed by atoms with van der Waals surface area (Å²) in [6.45, 7) is 11.4. The molecule has 0 fully saturated rings. The van der Waals surface area contributed by atoms with Gasteiger partial charge in [0.15, 0.2) is 0 Å². The van der Waals surface area contributed by atoms with Gasteiger partial charge in [0.2, 0.25) is 0 Å². The molecule has 0 aliphatic heterocycles. The second-order valence-corrected chi connectivity index (χ2v) is 12.2. The average Bonchev–Trinajstić information content (AvgIpc) is 3.14. The molecule has 0 saturated carbocycles. The first-order chi connectivity index (χ1) is 26.6. The van der Waals surface area contributed by atoms with Crippen LogP contribution in [0.15, 0.2) is 117 Å². The maximum absolute atomic E-state index is 11.6. The van der Waals surface area contributed by atoms with Crippen LogP contribution in [0.1, 0.15) is 63.8 Å². The summed E-state index contributed by atoms with van der Waals surface area (Å²) in [6, 6.07) is 30.5. The van der Waals surface area contributed by atoms with Crippen LogP contribution in [0, 0.1) is 22.7 Å². The number of para-hydroxylation sites is 4. The van der Waals surface area contributed by atoms with Crippen molar-refractivity contribution in [3.8, 4) is 35.1 Å². The van der Waals surface area contributed by atoms with Gasteiger partial charge in [0, 0.05) is 79.6 Å². The van der Waals surface area contributed by atoms with Crippen molar-refractivity contribution in [3.63, 3.8) is 0 Å². The maximum Gasteiger partial charge on any atom is 0.0746 e. The van der Waals surface area contributed by atoms with E-state index in [0.717, 1.165) is 0 Å². The van der Waals surface area contributed by atoms with Gasteiger partial charge in [-0.1, -0.05) is 121 Å². The van der Waals surface area contributed by atoms with Crippen LogP contribution < -0.4 is 20.4 Å². The number of aliphatic imine (C=N–C) groups is 4. The van der Waals surface area contributed by atoms with Gasteiger partial charge in [-0.2, -0.15) is 20.8 Å². The molecule has 0 N–H and O–H groups in total. The first kappa shape index (κ1) is 62.8. The molecule has 0 heterocycles. The number of hydrogen-bond donors (Lipinski definition) is 0. The molecule has 0 bridgehead atoms. The summed E-state index contributed by atoms with van der Waals surface area (Å²) in [4.78, 5) is 17.4. The summed E-state index contributed by atoms with van der Waals surface area (Å²) < 4.78 is 0. The molecule has 4 rings (SSSR count). The van der Waals surface area contributed by atoms with E-state index in [-0.39, 0.29) is 69.3 Å². The number of nitrogens with zero attached hydrogens (tertiary/aromatic N) is 8. The van der Waals surface area contributed by atoms with Crippen molar-refractivity contribution >= 4 is 59.6 Å². The molecule has 13 nitrogen and oxygen atoms in total. The van der Waals surface area contributed by atoms with Crippen LogP contribution in [0.3, 0.4) is 0 Å². The van der Waals surface area contributed by atoms with Crippen molar-refractivity contribution in [3.05, 3.63) is 130 Å². The topological polar surface area (TPSA) is 262 Å². The Bertz CT molecular complexity index is 1890. The Morgan fingerprint density at radius 1 is 0.525 bits per heavy atom. The minimum Gasteiger partial charge on any atom is -2.00 e. The van der Waals surface area contributed by atoms with E-state index in [1.165, 1.54) is 48.4 Å². The molecule has 2 radical (unpaired) electrons. The number of thiocarbonyl (C=S) groups is 2. The third-order valence-corrected chi connectivity index (χ3v) is 6.20. The van der Waals surface area contributed by atoms with Gasteiger partial charge in [-0.3, -0.25) is 20.0 Å². The number of nitriles is 2. The van der Waals surface area contributed by atoms with Crippen molar-refractivity contribution < 1.29 is 66.7 Å². The minimum absolute atomic E-state index is 0. The Balaban J connectivity index is -0.000000249. The minimum atomic E-state index is -0.448. The third kappa shape index (κ3) is 32.3. The van der Waals surface area contributed by atoms with Crippen molar-refractivity contribution in [2.45, 2.75) is 52.6 Å². The SMILES string of the molecule is CC#N.CC#N.CC(C)(CN=Cc1ccccc1[O-])N=Cc1ccccc1[O-].CC(C)(CN=Cc1ccccc1[O-])N=Cc1ccccc1[O-].[N-]=C=S.[N-]=C=S.[O-2].[Re].[Re]. The Morgan fingerprint density at radius 2 is 0.712 bits per heavy atom. The van der Waals surface area contributed by atoms with Crippen molar-refractivity contribution in [2.75, 3.05) is 13.1 Å². The Labute approximate surface area is 385 Å². The Morgan fingerprint density at radius 3 is 0.915 bits per heavy atom. The number of hydrogen-bond acceptors (Lipinski definition) is 12.